The summed E-state index contributed by atoms with van der Waals surface area (Å²) >= 11 is 0. The average molecular weight is 1440 g/mol. The number of ether oxygens (including phenoxy) is 4. The molecule has 0 saturated heterocycles. The van der Waals surface area contributed by atoms with Crippen LogP contribution in [0.2, 0.25) is 0 Å². The van der Waals surface area contributed by atoms with Gasteiger partial charge in [-0.3, -0.25) is 37.3 Å². The molecule has 0 aromatic carbocycles. The van der Waals surface area contributed by atoms with Gasteiger partial charge in [-0.15, -0.1) is 0 Å². The lowest BCUT2D eigenvalue weighted by Crippen LogP contribution is -2.30. The van der Waals surface area contributed by atoms with Crippen LogP contribution in [0, 0.1) is 0 Å². The lowest BCUT2D eigenvalue weighted by atomic mass is 10.1. The Labute approximate surface area is 605 Å². The van der Waals surface area contributed by atoms with Crippen LogP contribution in [0.3, 0.4) is 0 Å². The molecule has 0 aliphatic rings. The molecule has 5 atom stereocenters. The van der Waals surface area contributed by atoms with Gasteiger partial charge in [-0.25, -0.2) is 9.13 Å². The van der Waals surface area contributed by atoms with E-state index in [1.165, 1.54) is 19.3 Å². The van der Waals surface area contributed by atoms with Gasteiger partial charge in [0.2, 0.25) is 0 Å². The minimum absolute atomic E-state index is 0.0547. The predicted octanol–water partition coefficient (Wildman–Crippen LogP) is 21.9. The van der Waals surface area contributed by atoms with Crippen LogP contribution in [0.1, 0.15) is 285 Å². The van der Waals surface area contributed by atoms with Crippen molar-refractivity contribution in [2.75, 3.05) is 39.6 Å². The van der Waals surface area contributed by atoms with E-state index in [0.717, 1.165) is 186 Å². The van der Waals surface area contributed by atoms with Crippen molar-refractivity contribution < 1.29 is 80.2 Å². The molecule has 0 fully saturated rings. The van der Waals surface area contributed by atoms with Crippen molar-refractivity contribution in [3.05, 3.63) is 146 Å². The fourth-order valence-electron chi connectivity index (χ4n) is 9.49. The first-order chi connectivity index (χ1) is 48.7. The Morgan fingerprint density at radius 3 is 0.930 bits per heavy atom. The fourth-order valence-corrected chi connectivity index (χ4v) is 11.1. The second-order valence-electron chi connectivity index (χ2n) is 24.9. The van der Waals surface area contributed by atoms with Crippen molar-refractivity contribution in [2.24, 2.45) is 0 Å². The first-order valence-electron chi connectivity index (χ1n) is 38.1. The van der Waals surface area contributed by atoms with E-state index in [-0.39, 0.29) is 25.7 Å². The average Bonchev–Trinajstić information content (AvgIpc) is 0.936. The van der Waals surface area contributed by atoms with Crippen molar-refractivity contribution in [3.63, 3.8) is 0 Å². The smallest absolute Gasteiger partial charge is 0.462 e. The molecule has 17 nitrogen and oxygen atoms in total. The molecular formula is C81H134O17P2. The molecule has 0 amide bonds. The third-order valence-corrected chi connectivity index (χ3v) is 17.2. The van der Waals surface area contributed by atoms with E-state index in [9.17, 15) is 43.2 Å². The van der Waals surface area contributed by atoms with Gasteiger partial charge in [0.25, 0.3) is 0 Å². The number of hydrogen-bond donors (Lipinski definition) is 3. The summed E-state index contributed by atoms with van der Waals surface area (Å²) in [5.74, 6) is -2.38. The molecule has 0 radical (unpaired) electrons. The quantitative estimate of drug-likeness (QED) is 0.0169. The number of carbonyl (C=O) groups is 4. The summed E-state index contributed by atoms with van der Waals surface area (Å²) in [7, 11) is -9.99. The van der Waals surface area contributed by atoms with Crippen LogP contribution in [0.25, 0.3) is 0 Å². The molecule has 0 spiro atoms. The van der Waals surface area contributed by atoms with E-state index in [2.05, 4.69) is 149 Å². The van der Waals surface area contributed by atoms with Gasteiger partial charge in [0.05, 0.1) is 32.8 Å². The Morgan fingerprint density at radius 2 is 0.580 bits per heavy atom. The summed E-state index contributed by atoms with van der Waals surface area (Å²) in [4.78, 5) is 72.8. The highest BCUT2D eigenvalue weighted by Gasteiger charge is 2.30. The molecule has 100 heavy (non-hydrogen) atoms. The zero-order valence-corrected chi connectivity index (χ0v) is 63.9. The van der Waals surface area contributed by atoms with Crippen LogP contribution in [0.15, 0.2) is 146 Å². The highest BCUT2D eigenvalue weighted by Crippen LogP contribution is 2.45. The van der Waals surface area contributed by atoms with Gasteiger partial charge in [-0.05, 0) is 141 Å². The van der Waals surface area contributed by atoms with Crippen molar-refractivity contribution in [1.29, 1.82) is 0 Å². The first kappa shape index (κ1) is 94.9. The zero-order valence-electron chi connectivity index (χ0n) is 62.1. The van der Waals surface area contributed by atoms with E-state index in [4.69, 9.17) is 37.0 Å². The topological polar surface area (TPSA) is 237 Å². The van der Waals surface area contributed by atoms with Gasteiger partial charge in [0.1, 0.15) is 19.3 Å². The Morgan fingerprint density at radius 1 is 0.300 bits per heavy atom. The molecule has 0 bridgehead atoms. The van der Waals surface area contributed by atoms with Gasteiger partial charge in [0.15, 0.2) is 12.2 Å². The minimum atomic E-state index is -5.00. The number of allylic oxidation sites excluding steroid dienone is 23. The van der Waals surface area contributed by atoms with E-state index < -0.39 is 97.5 Å². The molecule has 19 heteroatoms. The second kappa shape index (κ2) is 72.3. The van der Waals surface area contributed by atoms with Crippen molar-refractivity contribution in [2.45, 2.75) is 303 Å². The molecule has 5 unspecified atom stereocenters. The number of unbranched alkanes of at least 4 members (excludes halogenated alkanes) is 21. The van der Waals surface area contributed by atoms with Crippen LogP contribution < -0.4 is 0 Å². The maximum atomic E-state index is 13.1. The van der Waals surface area contributed by atoms with Gasteiger partial charge in [-0.2, -0.15) is 0 Å². The number of phosphoric ester groups is 2. The normalized spacial score (nSPS) is 14.8. The molecule has 0 heterocycles. The zero-order chi connectivity index (χ0) is 73.2. The molecule has 570 valence electrons. The van der Waals surface area contributed by atoms with Gasteiger partial charge >= 0.3 is 39.5 Å². The number of rotatable bonds is 70. The van der Waals surface area contributed by atoms with Gasteiger partial charge in [0, 0.05) is 19.3 Å². The lowest BCUT2D eigenvalue weighted by molar-refractivity contribution is -0.161. The molecule has 0 aliphatic heterocycles. The Hall–Kier alpha value is -5.06. The van der Waals surface area contributed by atoms with E-state index in [1.807, 2.05) is 18.2 Å². The summed E-state index contributed by atoms with van der Waals surface area (Å²) in [6.07, 6.45) is 81.6. The van der Waals surface area contributed by atoms with Crippen molar-refractivity contribution >= 4 is 39.5 Å². The number of esters is 4. The number of carbonyl (C=O) groups excluding carboxylic acids is 4. The summed E-state index contributed by atoms with van der Waals surface area (Å²) < 4.78 is 68.3. The summed E-state index contributed by atoms with van der Waals surface area (Å²) in [5, 5.41) is 10.6. The van der Waals surface area contributed by atoms with Crippen LogP contribution >= 0.6 is 15.6 Å². The first-order valence-corrected chi connectivity index (χ1v) is 41.1. The van der Waals surface area contributed by atoms with Crippen molar-refractivity contribution in [1.82, 2.24) is 0 Å². The summed E-state index contributed by atoms with van der Waals surface area (Å²) in [6.45, 7) is 4.42. The SMILES string of the molecule is CC/C=C\C/C=C\C/C=C\C/C=C\C/C=C\CC(=O)OCC(COP(=O)(O)OCC(O)COP(=O)(O)OCC(COC(=O)CCCCCCCC/C=C\C/C=C\C/C=C\CCCCC)OC(=O)CCCCCCC/C=C\C/C=C\CCC)OC(=O)CCCCCCC/C=C\C/C=C\CCC. The molecule has 0 rings (SSSR count). The molecule has 3 N–H and O–H groups in total. The number of phosphoric acid groups is 2. The number of aliphatic hydroxyl groups is 1. The lowest BCUT2D eigenvalue weighted by Gasteiger charge is -2.21. The molecule has 0 aliphatic carbocycles. The summed E-state index contributed by atoms with van der Waals surface area (Å²) in [5.41, 5.74) is 0. The Kier molecular flexibility index (Phi) is 68.6. The van der Waals surface area contributed by atoms with Crippen LogP contribution in [0.4, 0.5) is 0 Å². The maximum Gasteiger partial charge on any atom is 0.472 e. The van der Waals surface area contributed by atoms with Gasteiger partial charge in [-0.1, -0.05) is 263 Å². The third-order valence-electron chi connectivity index (χ3n) is 15.3. The molecular weight excluding hydrogens is 1310 g/mol. The fraction of sp³-hybridized carbons (Fsp3) is 0.654. The van der Waals surface area contributed by atoms with Crippen molar-refractivity contribution in [3.8, 4) is 0 Å². The monoisotopic (exact) mass is 1440 g/mol. The van der Waals surface area contributed by atoms with Gasteiger partial charge < -0.3 is 33.8 Å². The van der Waals surface area contributed by atoms with E-state index in [0.29, 0.717) is 25.7 Å². The Balaban J connectivity index is 5.42. The molecule has 0 aromatic heterocycles. The molecule has 0 aromatic rings. The standard InChI is InChI=1S/C81H134O17P2/c1-5-9-13-17-21-25-29-33-35-36-37-38-40-44-46-50-54-58-62-66-79(84)92-72-77(98-81(86)68-64-60-56-52-48-42-32-28-24-20-16-12-8-4)74-96-100(89,90)94-70-75(82)69-93-99(87,88)95-73-76(97-80(85)67-63-59-55-51-47-41-31-27-23-19-15-11-7-3)71-91-78(83)65-61-57-53-49-45-43-39-34-30-26-22-18-14-10-6-2/h10,14-16,19-22,25-28,31-35,37-39,45,49,57,61,75-77,82H,5-9,11-13,17-18,23-24,29-30,36,40-44,46-48,50-56,58-60,62-74H2,1-4H3,(H,87,88)(H,89,90)/b14-10-,19-15-,20-16-,25-21-,26-22-,31-27-,32-28-,35-33-,38-37-,39-34-,49-45-,61-57-. The predicted molar refractivity (Wildman–Crippen MR) is 408 cm³/mol. The summed E-state index contributed by atoms with van der Waals surface area (Å²) in [6, 6.07) is 0. The largest absolute Gasteiger partial charge is 0.472 e. The second-order valence-corrected chi connectivity index (χ2v) is 27.8. The number of aliphatic hydroxyl groups excluding tert-OH is 1. The highest BCUT2D eigenvalue weighted by atomic mass is 31.2. The minimum Gasteiger partial charge on any atom is -0.462 e. The van der Waals surface area contributed by atoms with E-state index >= 15 is 0 Å². The highest BCUT2D eigenvalue weighted by molar-refractivity contribution is 7.47. The third kappa shape index (κ3) is 71.3. The number of hydrogen-bond acceptors (Lipinski definition) is 15. The van der Waals surface area contributed by atoms with E-state index in [1.54, 1.807) is 6.08 Å². The van der Waals surface area contributed by atoms with Crippen LogP contribution in [-0.4, -0.2) is 96.7 Å². The molecule has 0 saturated carbocycles. The maximum absolute atomic E-state index is 13.1. The van der Waals surface area contributed by atoms with Crippen LogP contribution in [-0.2, 0) is 65.4 Å². The Bertz CT molecular complexity index is 2470. The van der Waals surface area contributed by atoms with Crippen LogP contribution in [0.5, 0.6) is 0 Å².